The molecular weight excluding hydrogens is 387 g/mol. The van der Waals surface area contributed by atoms with Crippen molar-refractivity contribution in [2.24, 2.45) is 5.92 Å². The second-order valence-electron chi connectivity index (χ2n) is 7.65. The molecule has 7 nitrogen and oxygen atoms in total. The summed E-state index contributed by atoms with van der Waals surface area (Å²) in [4.78, 5) is 37.7. The molecule has 0 aliphatic heterocycles. The van der Waals surface area contributed by atoms with Gasteiger partial charge in [0.2, 0.25) is 5.91 Å². The van der Waals surface area contributed by atoms with Crippen LogP contribution in [0.2, 0.25) is 0 Å². The van der Waals surface area contributed by atoms with Gasteiger partial charge in [-0.25, -0.2) is 9.07 Å². The topological polar surface area (TPSA) is 93.1 Å². The minimum absolute atomic E-state index is 0.0423. The maximum absolute atomic E-state index is 13.9. The number of hydrazine groups is 1. The fraction of sp³-hybridized carbons (Fsp3) is 0.273. The summed E-state index contributed by atoms with van der Waals surface area (Å²) in [6, 6.07) is 12.8. The third-order valence-electron chi connectivity index (χ3n) is 5.26. The predicted octanol–water partition coefficient (Wildman–Crippen LogP) is 2.68. The SMILES string of the molecule is CC(C)n1nc(C(=O)NNC(=O)C2CC2c2ccccc2F)c2ccccc2c1=O. The van der Waals surface area contributed by atoms with Crippen LogP contribution in [-0.2, 0) is 4.79 Å². The summed E-state index contributed by atoms with van der Waals surface area (Å²) >= 11 is 0. The zero-order valence-corrected chi connectivity index (χ0v) is 16.6. The van der Waals surface area contributed by atoms with Crippen molar-refractivity contribution in [2.45, 2.75) is 32.2 Å². The van der Waals surface area contributed by atoms with E-state index in [-0.39, 0.29) is 29.0 Å². The van der Waals surface area contributed by atoms with Gasteiger partial charge in [0.15, 0.2) is 5.69 Å². The first-order valence-corrected chi connectivity index (χ1v) is 9.74. The molecule has 1 aliphatic rings. The Balaban J connectivity index is 1.51. The van der Waals surface area contributed by atoms with Crippen molar-refractivity contribution in [1.29, 1.82) is 0 Å². The number of carbonyl (C=O) groups excluding carboxylic acids is 2. The number of benzene rings is 2. The molecule has 2 atom stereocenters. The summed E-state index contributed by atoms with van der Waals surface area (Å²) < 4.78 is 15.1. The molecule has 0 radical (unpaired) electrons. The molecule has 0 spiro atoms. The van der Waals surface area contributed by atoms with E-state index in [0.717, 1.165) is 0 Å². The standard InChI is InChI=1S/C22H21FN4O3/c1-12(2)27-22(30)15-9-4-3-8-14(15)19(26-27)21(29)25-24-20(28)17-11-16(17)13-7-5-6-10-18(13)23/h3-10,12,16-17H,11H2,1-2H3,(H,24,28)(H,25,29). The van der Waals surface area contributed by atoms with Crippen molar-refractivity contribution in [2.75, 3.05) is 0 Å². The van der Waals surface area contributed by atoms with Gasteiger partial charge < -0.3 is 0 Å². The molecule has 8 heteroatoms. The number of amides is 2. The normalized spacial score (nSPS) is 17.7. The lowest BCUT2D eigenvalue weighted by Gasteiger charge is -2.13. The first-order chi connectivity index (χ1) is 14.4. The quantitative estimate of drug-likeness (QED) is 0.649. The van der Waals surface area contributed by atoms with Gasteiger partial charge in [0.05, 0.1) is 11.4 Å². The van der Waals surface area contributed by atoms with Crippen molar-refractivity contribution in [3.05, 3.63) is 76.0 Å². The van der Waals surface area contributed by atoms with Gasteiger partial charge in [0.1, 0.15) is 5.82 Å². The third-order valence-corrected chi connectivity index (χ3v) is 5.26. The van der Waals surface area contributed by atoms with E-state index in [1.54, 1.807) is 56.3 Å². The van der Waals surface area contributed by atoms with Gasteiger partial charge in [-0.05, 0) is 43.9 Å². The molecular formula is C22H21FN4O3. The highest BCUT2D eigenvalue weighted by Gasteiger charge is 2.45. The smallest absolute Gasteiger partial charge is 0.273 e. The van der Waals surface area contributed by atoms with Gasteiger partial charge in [-0.15, -0.1) is 0 Å². The number of nitrogens with one attached hydrogen (secondary N) is 2. The minimum atomic E-state index is -0.628. The van der Waals surface area contributed by atoms with Crippen LogP contribution < -0.4 is 16.4 Å². The Kier molecular flexibility index (Phi) is 5.07. The first kappa shape index (κ1) is 19.8. The molecule has 2 aromatic carbocycles. The number of nitrogens with zero attached hydrogens (tertiary/aromatic N) is 2. The van der Waals surface area contributed by atoms with Crippen LogP contribution >= 0.6 is 0 Å². The number of hydrogen-bond acceptors (Lipinski definition) is 4. The van der Waals surface area contributed by atoms with Crippen LogP contribution in [0, 0.1) is 11.7 Å². The fourth-order valence-corrected chi connectivity index (χ4v) is 3.60. The van der Waals surface area contributed by atoms with Crippen LogP contribution in [0.15, 0.2) is 53.3 Å². The Bertz CT molecular complexity index is 1200. The molecule has 0 bridgehead atoms. The second kappa shape index (κ2) is 7.70. The Morgan fingerprint density at radius 3 is 2.43 bits per heavy atom. The number of hydrogen-bond donors (Lipinski definition) is 2. The molecule has 1 aromatic heterocycles. The molecule has 4 rings (SSSR count). The molecule has 1 aliphatic carbocycles. The number of aromatic nitrogens is 2. The fourth-order valence-electron chi connectivity index (χ4n) is 3.60. The average molecular weight is 408 g/mol. The van der Waals surface area contributed by atoms with Crippen molar-refractivity contribution >= 4 is 22.6 Å². The van der Waals surface area contributed by atoms with E-state index in [4.69, 9.17) is 0 Å². The largest absolute Gasteiger partial charge is 0.290 e. The van der Waals surface area contributed by atoms with Crippen molar-refractivity contribution in [3.8, 4) is 0 Å². The minimum Gasteiger partial charge on any atom is -0.273 e. The predicted molar refractivity (Wildman–Crippen MR) is 109 cm³/mol. The van der Waals surface area contributed by atoms with Gasteiger partial charge >= 0.3 is 0 Å². The van der Waals surface area contributed by atoms with Crippen LogP contribution in [-0.4, -0.2) is 21.6 Å². The molecule has 1 saturated carbocycles. The van der Waals surface area contributed by atoms with Gasteiger partial charge in [-0.2, -0.15) is 5.10 Å². The average Bonchev–Trinajstić information content (AvgIpc) is 3.53. The Hall–Kier alpha value is -3.55. The zero-order chi connectivity index (χ0) is 21.4. The highest BCUT2D eigenvalue weighted by Crippen LogP contribution is 2.48. The highest BCUT2D eigenvalue weighted by molar-refractivity contribution is 6.05. The van der Waals surface area contributed by atoms with E-state index < -0.39 is 17.7 Å². The van der Waals surface area contributed by atoms with Gasteiger partial charge in [-0.3, -0.25) is 25.2 Å². The Labute approximate surface area is 171 Å². The van der Waals surface area contributed by atoms with Crippen LogP contribution in [0.5, 0.6) is 0 Å². The molecule has 30 heavy (non-hydrogen) atoms. The van der Waals surface area contributed by atoms with Crippen molar-refractivity contribution in [3.63, 3.8) is 0 Å². The maximum atomic E-state index is 13.9. The molecule has 0 saturated heterocycles. The molecule has 1 heterocycles. The number of halogens is 1. The Morgan fingerprint density at radius 1 is 1.07 bits per heavy atom. The van der Waals surface area contributed by atoms with E-state index in [0.29, 0.717) is 22.8 Å². The summed E-state index contributed by atoms with van der Waals surface area (Å²) in [6.07, 6.45) is 0.516. The lowest BCUT2D eigenvalue weighted by atomic mass is 10.1. The molecule has 1 fully saturated rings. The molecule has 154 valence electrons. The van der Waals surface area contributed by atoms with E-state index in [2.05, 4.69) is 16.0 Å². The molecule has 2 amide bonds. The summed E-state index contributed by atoms with van der Waals surface area (Å²) in [5.41, 5.74) is 5.03. The van der Waals surface area contributed by atoms with Gasteiger partial charge in [-0.1, -0.05) is 36.4 Å². The summed E-state index contributed by atoms with van der Waals surface area (Å²) in [7, 11) is 0. The molecule has 3 aromatic rings. The number of rotatable bonds is 4. The summed E-state index contributed by atoms with van der Waals surface area (Å²) in [5, 5.41) is 4.98. The van der Waals surface area contributed by atoms with Crippen molar-refractivity contribution < 1.29 is 14.0 Å². The van der Waals surface area contributed by atoms with Crippen LogP contribution in [0.25, 0.3) is 10.8 Å². The van der Waals surface area contributed by atoms with E-state index >= 15 is 0 Å². The highest BCUT2D eigenvalue weighted by atomic mass is 19.1. The monoisotopic (exact) mass is 408 g/mol. The van der Waals surface area contributed by atoms with Crippen LogP contribution in [0.3, 0.4) is 0 Å². The van der Waals surface area contributed by atoms with Crippen molar-refractivity contribution in [1.82, 2.24) is 20.6 Å². The number of fused-ring (bicyclic) bond motifs is 1. The van der Waals surface area contributed by atoms with E-state index in [9.17, 15) is 18.8 Å². The van der Waals surface area contributed by atoms with E-state index in [1.807, 2.05) is 0 Å². The lowest BCUT2D eigenvalue weighted by molar-refractivity contribution is -0.123. The molecule has 2 unspecified atom stereocenters. The summed E-state index contributed by atoms with van der Waals surface area (Å²) in [6.45, 7) is 3.59. The maximum Gasteiger partial charge on any atom is 0.290 e. The first-order valence-electron chi connectivity index (χ1n) is 9.74. The zero-order valence-electron chi connectivity index (χ0n) is 16.6. The van der Waals surface area contributed by atoms with E-state index in [1.165, 1.54) is 10.7 Å². The van der Waals surface area contributed by atoms with Crippen LogP contribution in [0.1, 0.15) is 48.3 Å². The third kappa shape index (κ3) is 3.56. The van der Waals surface area contributed by atoms with Gasteiger partial charge in [0, 0.05) is 11.3 Å². The summed E-state index contributed by atoms with van der Waals surface area (Å²) in [5.74, 6) is -1.97. The van der Waals surface area contributed by atoms with Gasteiger partial charge in [0.25, 0.3) is 11.5 Å². The molecule has 2 N–H and O–H groups in total. The second-order valence-corrected chi connectivity index (χ2v) is 7.65. The van der Waals surface area contributed by atoms with Crippen LogP contribution in [0.4, 0.5) is 4.39 Å². The number of carbonyl (C=O) groups is 2. The Morgan fingerprint density at radius 2 is 1.73 bits per heavy atom. The lowest BCUT2D eigenvalue weighted by Crippen LogP contribution is -2.43.